The van der Waals surface area contributed by atoms with E-state index in [9.17, 15) is 0 Å². The van der Waals surface area contributed by atoms with Crippen molar-refractivity contribution in [2.24, 2.45) is 10.8 Å². The molecule has 0 spiro atoms. The summed E-state index contributed by atoms with van der Waals surface area (Å²) in [5.41, 5.74) is 15.0. The van der Waals surface area contributed by atoms with Crippen LogP contribution < -0.4 is 5.73 Å². The number of nitrogens with zero attached hydrogens (tertiary/aromatic N) is 3. The highest BCUT2D eigenvalue weighted by Gasteiger charge is 1.93. The van der Waals surface area contributed by atoms with E-state index in [-0.39, 0.29) is 5.84 Å². The number of azide groups is 1. The van der Waals surface area contributed by atoms with E-state index in [4.69, 9.17) is 16.7 Å². The van der Waals surface area contributed by atoms with Gasteiger partial charge in [-0.15, -0.1) is 0 Å². The van der Waals surface area contributed by atoms with Crippen LogP contribution in [0.25, 0.3) is 16.5 Å². The third-order valence-corrected chi connectivity index (χ3v) is 1.78. The molecule has 0 amide bonds. The molecule has 0 aliphatic carbocycles. The fourth-order valence-corrected chi connectivity index (χ4v) is 1.05. The Hall–Kier alpha value is -2.26. The van der Waals surface area contributed by atoms with Crippen molar-refractivity contribution in [3.8, 4) is 0 Å². The number of amidine groups is 1. The second kappa shape index (κ2) is 5.47. The molecule has 0 aliphatic heterocycles. The summed E-state index contributed by atoms with van der Waals surface area (Å²) in [7, 11) is 0. The van der Waals surface area contributed by atoms with Crippen molar-refractivity contribution < 1.29 is 0 Å². The van der Waals surface area contributed by atoms with Gasteiger partial charge in [0, 0.05) is 17.0 Å². The van der Waals surface area contributed by atoms with Gasteiger partial charge in [0.2, 0.25) is 0 Å². The molecule has 76 valence electrons. The van der Waals surface area contributed by atoms with Gasteiger partial charge in [-0.3, -0.25) is 5.41 Å². The number of nitrogens with two attached hydrogens (primary N) is 1. The predicted molar refractivity (Wildman–Crippen MR) is 60.5 cm³/mol. The summed E-state index contributed by atoms with van der Waals surface area (Å²) in [6, 6.07) is 7.25. The molecular formula is C10H11N5. The zero-order valence-corrected chi connectivity index (χ0v) is 8.09. The first kappa shape index (κ1) is 10.8. The summed E-state index contributed by atoms with van der Waals surface area (Å²) < 4.78 is 0. The Bertz CT molecular complexity index is 412. The van der Waals surface area contributed by atoms with Crippen LogP contribution in [0, 0.1) is 5.41 Å². The Labute approximate surface area is 87.4 Å². The second-order valence-electron chi connectivity index (χ2n) is 2.85. The number of nitrogen functional groups attached to an aromatic ring is 1. The molecule has 0 radical (unpaired) electrons. The van der Waals surface area contributed by atoms with E-state index in [0.717, 1.165) is 5.56 Å². The third kappa shape index (κ3) is 3.54. The van der Waals surface area contributed by atoms with Gasteiger partial charge in [-0.25, -0.2) is 0 Å². The van der Waals surface area contributed by atoms with E-state index < -0.39 is 0 Å². The molecule has 5 nitrogen and oxygen atoms in total. The SMILES string of the molecule is [N-]=[N+]=NCC=Cc1ccc(C(=N)N)cc1. The summed E-state index contributed by atoms with van der Waals surface area (Å²) in [6.45, 7) is 0.338. The van der Waals surface area contributed by atoms with Crippen molar-refractivity contribution in [1.29, 1.82) is 5.41 Å². The van der Waals surface area contributed by atoms with Crippen LogP contribution >= 0.6 is 0 Å². The molecule has 0 aliphatic rings. The van der Waals surface area contributed by atoms with E-state index in [1.54, 1.807) is 18.2 Å². The van der Waals surface area contributed by atoms with Gasteiger partial charge < -0.3 is 5.73 Å². The predicted octanol–water partition coefficient (Wildman–Crippen LogP) is 2.29. The highest BCUT2D eigenvalue weighted by molar-refractivity contribution is 5.95. The van der Waals surface area contributed by atoms with Crippen LogP contribution in [-0.4, -0.2) is 12.4 Å². The number of benzene rings is 1. The molecule has 0 heterocycles. The minimum Gasteiger partial charge on any atom is -0.384 e. The van der Waals surface area contributed by atoms with Crippen LogP contribution in [0.4, 0.5) is 0 Å². The maximum atomic E-state index is 8.05. The molecule has 0 unspecified atom stereocenters. The van der Waals surface area contributed by atoms with Crippen molar-refractivity contribution in [2.45, 2.75) is 0 Å². The first-order valence-corrected chi connectivity index (χ1v) is 4.36. The van der Waals surface area contributed by atoms with E-state index in [0.29, 0.717) is 12.1 Å². The van der Waals surface area contributed by atoms with Crippen LogP contribution in [0.1, 0.15) is 11.1 Å². The van der Waals surface area contributed by atoms with Gasteiger partial charge >= 0.3 is 0 Å². The fraction of sp³-hybridized carbons (Fsp3) is 0.100. The standard InChI is InChI=1S/C10H11N5/c11-10(12)9-5-3-8(4-6-9)2-1-7-14-15-13/h1-6H,7H2,(H3,11,12). The Morgan fingerprint density at radius 3 is 2.67 bits per heavy atom. The maximum absolute atomic E-state index is 8.05. The molecular weight excluding hydrogens is 190 g/mol. The van der Waals surface area contributed by atoms with E-state index >= 15 is 0 Å². The number of nitrogens with one attached hydrogen (secondary N) is 1. The topological polar surface area (TPSA) is 98.6 Å². The van der Waals surface area contributed by atoms with Gasteiger partial charge in [0.15, 0.2) is 0 Å². The molecule has 0 saturated heterocycles. The molecule has 5 heteroatoms. The molecule has 3 N–H and O–H groups in total. The van der Waals surface area contributed by atoms with Crippen molar-refractivity contribution in [1.82, 2.24) is 0 Å². The van der Waals surface area contributed by atoms with Crippen molar-refractivity contribution in [3.05, 3.63) is 51.9 Å². The minimum atomic E-state index is 0.0552. The zero-order valence-electron chi connectivity index (χ0n) is 8.09. The molecule has 0 aromatic heterocycles. The van der Waals surface area contributed by atoms with Crippen LogP contribution in [0.3, 0.4) is 0 Å². The third-order valence-electron chi connectivity index (χ3n) is 1.78. The van der Waals surface area contributed by atoms with Gasteiger partial charge in [-0.05, 0) is 11.1 Å². The highest BCUT2D eigenvalue weighted by Crippen LogP contribution is 2.05. The van der Waals surface area contributed by atoms with Gasteiger partial charge in [-0.1, -0.05) is 41.5 Å². The molecule has 0 atom stereocenters. The molecule has 0 saturated carbocycles. The molecule has 15 heavy (non-hydrogen) atoms. The van der Waals surface area contributed by atoms with Gasteiger partial charge in [0.1, 0.15) is 5.84 Å². The van der Waals surface area contributed by atoms with Crippen LogP contribution in [0.5, 0.6) is 0 Å². The van der Waals surface area contributed by atoms with E-state index in [2.05, 4.69) is 10.0 Å². The maximum Gasteiger partial charge on any atom is 0.122 e. The molecule has 0 bridgehead atoms. The summed E-state index contributed by atoms with van der Waals surface area (Å²) in [6.07, 6.45) is 3.61. The van der Waals surface area contributed by atoms with Crippen LogP contribution in [0.15, 0.2) is 35.5 Å². The summed E-state index contributed by atoms with van der Waals surface area (Å²) >= 11 is 0. The monoisotopic (exact) mass is 201 g/mol. The first-order valence-electron chi connectivity index (χ1n) is 4.36. The number of rotatable bonds is 4. The number of hydrogen-bond donors (Lipinski definition) is 2. The Morgan fingerprint density at radius 1 is 1.47 bits per heavy atom. The van der Waals surface area contributed by atoms with Gasteiger partial charge in [0.05, 0.1) is 0 Å². The molecule has 1 aromatic carbocycles. The fourth-order valence-electron chi connectivity index (χ4n) is 1.05. The lowest BCUT2D eigenvalue weighted by Crippen LogP contribution is -2.10. The summed E-state index contributed by atoms with van der Waals surface area (Å²) in [5, 5.41) is 10.6. The Morgan fingerprint density at radius 2 is 2.13 bits per heavy atom. The lowest BCUT2D eigenvalue weighted by atomic mass is 10.1. The highest BCUT2D eigenvalue weighted by atomic mass is 15.1. The van der Waals surface area contributed by atoms with Crippen LogP contribution in [0.2, 0.25) is 0 Å². The normalized spacial score (nSPS) is 9.87. The van der Waals surface area contributed by atoms with Crippen molar-refractivity contribution in [2.75, 3.05) is 6.54 Å². The average molecular weight is 201 g/mol. The van der Waals surface area contributed by atoms with E-state index in [1.807, 2.05) is 18.2 Å². The van der Waals surface area contributed by atoms with Crippen LogP contribution in [-0.2, 0) is 0 Å². The quantitative estimate of drug-likeness (QED) is 0.252. The Kier molecular flexibility index (Phi) is 3.94. The smallest absolute Gasteiger partial charge is 0.122 e. The van der Waals surface area contributed by atoms with Gasteiger partial charge in [-0.2, -0.15) is 0 Å². The average Bonchev–Trinajstić information content (AvgIpc) is 2.25. The zero-order chi connectivity index (χ0) is 11.1. The molecule has 1 rings (SSSR count). The van der Waals surface area contributed by atoms with Gasteiger partial charge in [0.25, 0.3) is 0 Å². The lowest BCUT2D eigenvalue weighted by molar-refractivity contribution is 1.22. The van der Waals surface area contributed by atoms with Crippen molar-refractivity contribution in [3.63, 3.8) is 0 Å². The molecule has 1 aromatic rings. The number of hydrogen-bond acceptors (Lipinski definition) is 2. The lowest BCUT2D eigenvalue weighted by Gasteiger charge is -1.97. The minimum absolute atomic E-state index is 0.0552. The Balaban J connectivity index is 2.68. The molecule has 0 fully saturated rings. The largest absolute Gasteiger partial charge is 0.384 e. The van der Waals surface area contributed by atoms with Crippen molar-refractivity contribution >= 4 is 11.9 Å². The summed E-state index contributed by atoms with van der Waals surface area (Å²) in [5.74, 6) is 0.0552. The summed E-state index contributed by atoms with van der Waals surface area (Å²) in [4.78, 5) is 2.63. The first-order chi connectivity index (χ1) is 7.24. The van der Waals surface area contributed by atoms with E-state index in [1.165, 1.54) is 0 Å². The second-order valence-corrected chi connectivity index (χ2v) is 2.85.